The predicted molar refractivity (Wildman–Crippen MR) is 39.4 cm³/mol. The van der Waals surface area contributed by atoms with Crippen LogP contribution in [0, 0.1) is 0 Å². The maximum atomic E-state index is 5.26. The van der Waals surface area contributed by atoms with E-state index in [2.05, 4.69) is 16.7 Å². The van der Waals surface area contributed by atoms with Gasteiger partial charge in [-0.2, -0.15) is 0 Å². The molecule has 0 saturated carbocycles. The van der Waals surface area contributed by atoms with E-state index in [0.29, 0.717) is 5.84 Å². The third kappa shape index (κ3) is 3.28. The van der Waals surface area contributed by atoms with Crippen molar-refractivity contribution in [2.24, 2.45) is 21.5 Å². The molecule has 9 heavy (non-hydrogen) atoms. The highest BCUT2D eigenvalue weighted by atomic mass is 14.9. The minimum Gasteiger partial charge on any atom is -0.384 e. The van der Waals surface area contributed by atoms with Gasteiger partial charge in [0.1, 0.15) is 11.7 Å². The number of rotatable bonds is 2. The highest BCUT2D eigenvalue weighted by molar-refractivity contribution is 5.91. The van der Waals surface area contributed by atoms with Gasteiger partial charge in [0.15, 0.2) is 0 Å². The molecule has 4 nitrogen and oxygen atoms in total. The van der Waals surface area contributed by atoms with Crippen LogP contribution in [0.3, 0.4) is 0 Å². The van der Waals surface area contributed by atoms with E-state index in [0.717, 1.165) is 0 Å². The lowest BCUT2D eigenvalue weighted by Gasteiger charge is -1.89. The molecule has 0 atom stereocenters. The summed E-state index contributed by atoms with van der Waals surface area (Å²) in [6.07, 6.45) is 1.44. The molecule has 50 valence electrons. The molecule has 0 aromatic heterocycles. The van der Waals surface area contributed by atoms with E-state index in [9.17, 15) is 0 Å². The van der Waals surface area contributed by atoms with Crippen LogP contribution in [0.5, 0.6) is 0 Å². The zero-order chi connectivity index (χ0) is 7.28. The van der Waals surface area contributed by atoms with Gasteiger partial charge in [-0.25, -0.2) is 4.99 Å². The average molecular weight is 126 g/mol. The van der Waals surface area contributed by atoms with Crippen molar-refractivity contribution in [2.75, 3.05) is 7.05 Å². The molecule has 0 spiro atoms. The van der Waals surface area contributed by atoms with Crippen LogP contribution in [0.15, 0.2) is 21.9 Å². The second-order valence-electron chi connectivity index (χ2n) is 1.38. The molecule has 0 unspecified atom stereocenters. The van der Waals surface area contributed by atoms with Gasteiger partial charge in [0.2, 0.25) is 0 Å². The monoisotopic (exact) mass is 126 g/mol. The zero-order valence-electron chi connectivity index (χ0n) is 5.33. The molecule has 0 aromatic carbocycles. The van der Waals surface area contributed by atoms with E-state index in [-0.39, 0.29) is 5.82 Å². The van der Waals surface area contributed by atoms with Gasteiger partial charge in [0.25, 0.3) is 0 Å². The molecule has 0 fully saturated rings. The van der Waals surface area contributed by atoms with Gasteiger partial charge in [-0.05, 0) is 6.72 Å². The Morgan fingerprint density at radius 1 is 1.56 bits per heavy atom. The third-order valence-electron chi connectivity index (χ3n) is 0.737. The molecular formula is C5H10N4. The van der Waals surface area contributed by atoms with E-state index in [4.69, 9.17) is 11.5 Å². The van der Waals surface area contributed by atoms with Crippen molar-refractivity contribution in [1.29, 1.82) is 0 Å². The van der Waals surface area contributed by atoms with Crippen molar-refractivity contribution < 1.29 is 0 Å². The second kappa shape index (κ2) is 3.65. The van der Waals surface area contributed by atoms with Crippen LogP contribution in [-0.2, 0) is 0 Å². The van der Waals surface area contributed by atoms with Crippen LogP contribution in [-0.4, -0.2) is 19.6 Å². The lowest BCUT2D eigenvalue weighted by molar-refractivity contribution is 1.26. The van der Waals surface area contributed by atoms with Crippen molar-refractivity contribution in [3.63, 3.8) is 0 Å². The van der Waals surface area contributed by atoms with Crippen LogP contribution in [0.1, 0.15) is 0 Å². The van der Waals surface area contributed by atoms with E-state index < -0.39 is 0 Å². The smallest absolute Gasteiger partial charge is 0.126 e. The largest absolute Gasteiger partial charge is 0.384 e. The topological polar surface area (TPSA) is 76.8 Å². The molecule has 0 rings (SSSR count). The van der Waals surface area contributed by atoms with E-state index in [1.165, 1.54) is 6.08 Å². The maximum absolute atomic E-state index is 5.26. The fourth-order valence-corrected chi connectivity index (χ4v) is 0.262. The molecule has 0 bridgehead atoms. The predicted octanol–water partition coefficient (Wildman–Crippen LogP) is -0.526. The minimum absolute atomic E-state index is 0.276. The number of nitrogens with two attached hydrogens (primary N) is 2. The summed E-state index contributed by atoms with van der Waals surface area (Å²) in [5, 5.41) is 0. The molecule has 0 aromatic rings. The minimum atomic E-state index is 0.276. The fraction of sp³-hybridized carbons (Fsp3) is 0.200. The van der Waals surface area contributed by atoms with Crippen LogP contribution < -0.4 is 11.5 Å². The average Bonchev–Trinajstić information content (AvgIpc) is 1.87. The van der Waals surface area contributed by atoms with Gasteiger partial charge < -0.3 is 11.5 Å². The van der Waals surface area contributed by atoms with Crippen LogP contribution in [0.4, 0.5) is 0 Å². The van der Waals surface area contributed by atoms with E-state index in [1.54, 1.807) is 7.05 Å². The van der Waals surface area contributed by atoms with E-state index in [1.807, 2.05) is 0 Å². The number of hydrogen-bond donors (Lipinski definition) is 2. The van der Waals surface area contributed by atoms with Crippen molar-refractivity contribution in [1.82, 2.24) is 0 Å². The summed E-state index contributed by atoms with van der Waals surface area (Å²) >= 11 is 0. The Balaban J connectivity index is 4.11. The molecule has 0 radical (unpaired) electrons. The fourth-order valence-electron chi connectivity index (χ4n) is 0.262. The first-order chi connectivity index (χ1) is 4.20. The summed E-state index contributed by atoms with van der Waals surface area (Å²) in [6, 6.07) is 0. The summed E-state index contributed by atoms with van der Waals surface area (Å²) in [4.78, 5) is 7.03. The van der Waals surface area contributed by atoms with Gasteiger partial charge >= 0.3 is 0 Å². The summed E-state index contributed by atoms with van der Waals surface area (Å²) < 4.78 is 0. The number of aliphatic imine (C=N–C) groups is 2. The zero-order valence-corrected chi connectivity index (χ0v) is 5.33. The Bertz CT molecular complexity index is 156. The van der Waals surface area contributed by atoms with Crippen LogP contribution >= 0.6 is 0 Å². The SMILES string of the molecule is C=N/C(N)=C\C(N)=NC. The third-order valence-corrected chi connectivity index (χ3v) is 0.737. The molecule has 0 heterocycles. The highest BCUT2D eigenvalue weighted by Gasteiger charge is 1.83. The molecule has 0 saturated heterocycles. The summed E-state index contributed by atoms with van der Waals surface area (Å²) in [5.74, 6) is 0.623. The molecule has 4 N–H and O–H groups in total. The molecule has 4 heteroatoms. The molecule has 0 aliphatic rings. The summed E-state index contributed by atoms with van der Waals surface area (Å²) in [6.45, 7) is 3.19. The molecule has 0 aliphatic carbocycles. The van der Waals surface area contributed by atoms with Gasteiger partial charge in [-0.3, -0.25) is 4.99 Å². The quantitative estimate of drug-likeness (QED) is 0.385. The highest BCUT2D eigenvalue weighted by Crippen LogP contribution is 1.81. The molecule has 0 aliphatic heterocycles. The van der Waals surface area contributed by atoms with Gasteiger partial charge in [0, 0.05) is 13.1 Å². The summed E-state index contributed by atoms with van der Waals surface area (Å²) in [7, 11) is 1.57. The Hall–Kier alpha value is -1.32. The Labute approximate surface area is 54.0 Å². The van der Waals surface area contributed by atoms with Gasteiger partial charge in [-0.1, -0.05) is 0 Å². The van der Waals surface area contributed by atoms with Crippen LogP contribution in [0.25, 0.3) is 0 Å². The number of amidine groups is 1. The van der Waals surface area contributed by atoms with Crippen LogP contribution in [0.2, 0.25) is 0 Å². The molecular weight excluding hydrogens is 116 g/mol. The number of nitrogens with zero attached hydrogens (tertiary/aromatic N) is 2. The second-order valence-corrected chi connectivity index (χ2v) is 1.38. The van der Waals surface area contributed by atoms with Gasteiger partial charge in [-0.15, -0.1) is 0 Å². The van der Waals surface area contributed by atoms with E-state index >= 15 is 0 Å². The lowest BCUT2D eigenvalue weighted by atomic mass is 10.5. The Morgan fingerprint density at radius 2 is 2.11 bits per heavy atom. The van der Waals surface area contributed by atoms with Crippen molar-refractivity contribution in [3.05, 3.63) is 11.9 Å². The number of hydrogen-bond acceptors (Lipinski definition) is 3. The first-order valence-corrected chi connectivity index (χ1v) is 2.37. The normalized spacial score (nSPS) is 13.4. The van der Waals surface area contributed by atoms with Crippen molar-refractivity contribution in [2.45, 2.75) is 0 Å². The first kappa shape index (κ1) is 7.68. The van der Waals surface area contributed by atoms with Gasteiger partial charge in [0.05, 0.1) is 0 Å². The molecule has 0 amide bonds. The Kier molecular flexibility index (Phi) is 3.12. The first-order valence-electron chi connectivity index (χ1n) is 2.37. The lowest BCUT2D eigenvalue weighted by Crippen LogP contribution is -2.10. The standard InChI is InChI=1S/C5H10N4/c1-8-4(6)3-5(7)9-2/h3H,1,6H2,2H3,(H2,7,9)/b4-3-. The Morgan fingerprint density at radius 3 is 2.44 bits per heavy atom. The summed E-state index contributed by atoms with van der Waals surface area (Å²) in [5.41, 5.74) is 10.5. The van der Waals surface area contributed by atoms with Crippen molar-refractivity contribution >= 4 is 12.6 Å². The maximum Gasteiger partial charge on any atom is 0.126 e. The van der Waals surface area contributed by atoms with Crippen molar-refractivity contribution in [3.8, 4) is 0 Å².